The van der Waals surface area contributed by atoms with Crippen molar-refractivity contribution in [2.75, 3.05) is 18.1 Å². The van der Waals surface area contributed by atoms with Gasteiger partial charge in [0.1, 0.15) is 12.4 Å². The van der Waals surface area contributed by atoms with Gasteiger partial charge in [-0.3, -0.25) is 4.79 Å². The average molecular weight is 430 g/mol. The van der Waals surface area contributed by atoms with Crippen LogP contribution in [0.5, 0.6) is 5.75 Å². The number of rotatable bonds is 6. The van der Waals surface area contributed by atoms with Crippen LogP contribution in [0.2, 0.25) is 0 Å². The Hall–Kier alpha value is -2.34. The first kappa shape index (κ1) is 22.3. The molecule has 0 unspecified atom stereocenters. The predicted molar refractivity (Wildman–Crippen MR) is 120 cm³/mol. The van der Waals surface area contributed by atoms with Crippen molar-refractivity contribution in [3.8, 4) is 5.75 Å². The van der Waals surface area contributed by atoms with Gasteiger partial charge >= 0.3 is 0 Å². The Morgan fingerprint density at radius 1 is 1.07 bits per heavy atom. The van der Waals surface area contributed by atoms with Gasteiger partial charge in [-0.15, -0.1) is 0 Å². The molecule has 0 aromatic heterocycles. The van der Waals surface area contributed by atoms with Crippen molar-refractivity contribution >= 4 is 15.7 Å². The predicted octanol–water partition coefficient (Wildman–Crippen LogP) is 4.21. The molecule has 2 aromatic rings. The van der Waals surface area contributed by atoms with Gasteiger partial charge in [0.2, 0.25) is 0 Å². The lowest BCUT2D eigenvalue weighted by molar-refractivity contribution is 0.0708. The van der Waals surface area contributed by atoms with Crippen LogP contribution in [-0.4, -0.2) is 43.3 Å². The first-order valence-corrected chi connectivity index (χ1v) is 12.2. The fraction of sp³-hybridized carbons (Fsp3) is 0.458. The zero-order valence-electron chi connectivity index (χ0n) is 18.2. The number of sulfone groups is 1. The Bertz CT molecular complexity index is 973. The normalized spacial score (nSPS) is 18.2. The van der Waals surface area contributed by atoms with Gasteiger partial charge in [-0.05, 0) is 54.2 Å². The third kappa shape index (κ3) is 5.42. The molecule has 1 heterocycles. The maximum atomic E-state index is 12.9. The summed E-state index contributed by atoms with van der Waals surface area (Å²) in [5, 5.41) is 0. The molecule has 30 heavy (non-hydrogen) atoms. The number of nitrogens with zero attached hydrogens (tertiary/aromatic N) is 1. The molecule has 1 amide bonds. The highest BCUT2D eigenvalue weighted by Gasteiger charge is 2.34. The van der Waals surface area contributed by atoms with Crippen molar-refractivity contribution in [1.82, 2.24) is 4.90 Å². The summed E-state index contributed by atoms with van der Waals surface area (Å²) >= 11 is 0. The average Bonchev–Trinajstić information content (AvgIpc) is 3.06. The van der Waals surface area contributed by atoms with Gasteiger partial charge in [0.15, 0.2) is 9.84 Å². The van der Waals surface area contributed by atoms with Crippen LogP contribution in [0.3, 0.4) is 0 Å². The molecule has 1 fully saturated rings. The lowest BCUT2D eigenvalue weighted by Gasteiger charge is -2.27. The monoisotopic (exact) mass is 429 g/mol. The Kier molecular flexibility index (Phi) is 6.56. The van der Waals surface area contributed by atoms with Gasteiger partial charge in [-0.2, -0.15) is 0 Å². The van der Waals surface area contributed by atoms with E-state index in [4.69, 9.17) is 4.74 Å². The molecule has 1 saturated heterocycles. The zero-order chi connectivity index (χ0) is 21.9. The topological polar surface area (TPSA) is 63.7 Å². The highest BCUT2D eigenvalue weighted by Crippen LogP contribution is 2.25. The molecule has 2 aromatic carbocycles. The van der Waals surface area contributed by atoms with Gasteiger partial charge in [0.25, 0.3) is 5.91 Å². The van der Waals surface area contributed by atoms with Crippen molar-refractivity contribution < 1.29 is 17.9 Å². The summed E-state index contributed by atoms with van der Waals surface area (Å²) in [6.45, 7) is 9.33. The maximum absolute atomic E-state index is 12.9. The smallest absolute Gasteiger partial charge is 0.254 e. The van der Waals surface area contributed by atoms with Crippen LogP contribution in [0.4, 0.5) is 0 Å². The molecule has 3 rings (SSSR count). The van der Waals surface area contributed by atoms with Crippen molar-refractivity contribution in [2.45, 2.75) is 52.2 Å². The highest BCUT2D eigenvalue weighted by atomic mass is 32.2. The number of ether oxygens (including phenoxy) is 1. The summed E-state index contributed by atoms with van der Waals surface area (Å²) in [7, 11) is -3.03. The van der Waals surface area contributed by atoms with E-state index < -0.39 is 9.84 Å². The van der Waals surface area contributed by atoms with Crippen LogP contribution in [0.1, 0.15) is 55.6 Å². The van der Waals surface area contributed by atoms with E-state index in [1.807, 2.05) is 31.2 Å². The zero-order valence-corrected chi connectivity index (χ0v) is 19.0. The summed E-state index contributed by atoms with van der Waals surface area (Å²) in [6.07, 6.45) is 0.516. The minimum Gasteiger partial charge on any atom is -0.489 e. The second-order valence-corrected chi connectivity index (χ2v) is 11.1. The van der Waals surface area contributed by atoms with Crippen LogP contribution in [0, 0.1) is 0 Å². The minimum absolute atomic E-state index is 0.0620. The van der Waals surface area contributed by atoms with E-state index in [-0.39, 0.29) is 28.9 Å². The summed E-state index contributed by atoms with van der Waals surface area (Å²) in [5.74, 6) is 0.911. The second kappa shape index (κ2) is 8.80. The fourth-order valence-electron chi connectivity index (χ4n) is 3.72. The quantitative estimate of drug-likeness (QED) is 0.690. The Labute approximate surface area is 180 Å². The summed E-state index contributed by atoms with van der Waals surface area (Å²) in [4.78, 5) is 14.6. The first-order valence-electron chi connectivity index (χ1n) is 10.4. The molecule has 162 valence electrons. The number of carbonyl (C=O) groups is 1. The Morgan fingerprint density at radius 3 is 2.20 bits per heavy atom. The molecule has 1 aliphatic heterocycles. The van der Waals surface area contributed by atoms with Crippen LogP contribution in [0.25, 0.3) is 0 Å². The molecular weight excluding hydrogens is 398 g/mol. The second-order valence-electron chi connectivity index (χ2n) is 8.91. The molecule has 6 heteroatoms. The Balaban J connectivity index is 1.61. The van der Waals surface area contributed by atoms with E-state index in [0.29, 0.717) is 25.1 Å². The molecule has 0 aliphatic carbocycles. The lowest BCUT2D eigenvalue weighted by Crippen LogP contribution is -2.40. The van der Waals surface area contributed by atoms with Crippen molar-refractivity contribution in [3.63, 3.8) is 0 Å². The summed E-state index contributed by atoms with van der Waals surface area (Å²) in [5.41, 5.74) is 2.90. The molecule has 0 saturated carbocycles. The third-order valence-corrected chi connectivity index (χ3v) is 7.33. The van der Waals surface area contributed by atoms with Gasteiger partial charge in [0, 0.05) is 18.2 Å². The highest BCUT2D eigenvalue weighted by molar-refractivity contribution is 7.91. The molecule has 0 bridgehead atoms. The van der Waals surface area contributed by atoms with Gasteiger partial charge < -0.3 is 9.64 Å². The standard InChI is InChI=1S/C24H31NO4S/c1-5-25(21-14-15-30(27,28)17-21)23(26)19-8-6-18(7-9-19)16-29-22-12-10-20(11-13-22)24(2,3)4/h6-13,21H,5,14-17H2,1-4H3/t21-/m1/s1. The van der Waals surface area contributed by atoms with Gasteiger partial charge in [-0.1, -0.05) is 45.0 Å². The number of hydrogen-bond acceptors (Lipinski definition) is 4. The maximum Gasteiger partial charge on any atom is 0.254 e. The van der Waals surface area contributed by atoms with E-state index >= 15 is 0 Å². The molecule has 0 radical (unpaired) electrons. The molecule has 1 atom stereocenters. The van der Waals surface area contributed by atoms with E-state index in [1.54, 1.807) is 17.0 Å². The number of benzene rings is 2. The van der Waals surface area contributed by atoms with Crippen LogP contribution < -0.4 is 4.74 Å². The minimum atomic E-state index is -3.03. The lowest BCUT2D eigenvalue weighted by atomic mass is 9.87. The third-order valence-electron chi connectivity index (χ3n) is 5.58. The van der Waals surface area contributed by atoms with E-state index in [2.05, 4.69) is 32.9 Å². The number of hydrogen-bond donors (Lipinski definition) is 0. The SMILES string of the molecule is CCN(C(=O)c1ccc(COc2ccc(C(C)(C)C)cc2)cc1)[C@@H]1CCS(=O)(=O)C1. The van der Waals surface area contributed by atoms with Gasteiger partial charge in [0.05, 0.1) is 11.5 Å². The first-order chi connectivity index (χ1) is 14.1. The van der Waals surface area contributed by atoms with Crippen molar-refractivity contribution in [1.29, 1.82) is 0 Å². The summed E-state index contributed by atoms with van der Waals surface area (Å²) in [6, 6.07) is 15.2. The van der Waals surface area contributed by atoms with E-state index in [9.17, 15) is 13.2 Å². The van der Waals surface area contributed by atoms with Gasteiger partial charge in [-0.25, -0.2) is 8.42 Å². The number of carbonyl (C=O) groups excluding carboxylic acids is 1. The van der Waals surface area contributed by atoms with Crippen LogP contribution in [0.15, 0.2) is 48.5 Å². The molecule has 5 nitrogen and oxygen atoms in total. The van der Waals surface area contributed by atoms with E-state index in [1.165, 1.54) is 5.56 Å². The molecule has 1 aliphatic rings. The number of amides is 1. The largest absolute Gasteiger partial charge is 0.489 e. The molecule has 0 N–H and O–H groups in total. The molecule has 0 spiro atoms. The summed E-state index contributed by atoms with van der Waals surface area (Å²) < 4.78 is 29.4. The van der Waals surface area contributed by atoms with E-state index in [0.717, 1.165) is 11.3 Å². The Morgan fingerprint density at radius 2 is 1.70 bits per heavy atom. The fourth-order valence-corrected chi connectivity index (χ4v) is 5.45. The van der Waals surface area contributed by atoms with Crippen molar-refractivity contribution in [2.24, 2.45) is 0 Å². The molecular formula is C24H31NO4S. The van der Waals surface area contributed by atoms with Crippen LogP contribution >= 0.6 is 0 Å². The van der Waals surface area contributed by atoms with Crippen LogP contribution in [-0.2, 0) is 21.9 Å². The van der Waals surface area contributed by atoms with Crippen molar-refractivity contribution in [3.05, 3.63) is 65.2 Å².